The molecule has 1 atom stereocenters. The summed E-state index contributed by atoms with van der Waals surface area (Å²) in [6, 6.07) is 13.4. The molecule has 4 nitrogen and oxygen atoms in total. The van der Waals surface area contributed by atoms with Crippen LogP contribution in [0.3, 0.4) is 0 Å². The fourth-order valence-corrected chi connectivity index (χ4v) is 1.84. The van der Waals surface area contributed by atoms with Crippen LogP contribution in [0.2, 0.25) is 0 Å². The third kappa shape index (κ3) is 3.56. The predicted octanol–water partition coefficient (Wildman–Crippen LogP) is 2.94. The summed E-state index contributed by atoms with van der Waals surface area (Å²) < 4.78 is 5.68. The summed E-state index contributed by atoms with van der Waals surface area (Å²) in [5, 5.41) is 8.79. The van der Waals surface area contributed by atoms with Gasteiger partial charge in [-0.3, -0.25) is 0 Å². The van der Waals surface area contributed by atoms with Gasteiger partial charge in [0.15, 0.2) is 0 Å². The highest BCUT2D eigenvalue weighted by Gasteiger charge is 2.03. The Kier molecular flexibility index (Phi) is 4.70. The van der Waals surface area contributed by atoms with Crippen molar-refractivity contribution in [2.75, 3.05) is 0 Å². The van der Waals surface area contributed by atoms with Crippen molar-refractivity contribution in [3.05, 3.63) is 59.4 Å². The normalized spacial score (nSPS) is 11.7. The Labute approximate surface area is 118 Å². The molecule has 0 saturated carbocycles. The third-order valence-electron chi connectivity index (χ3n) is 3.09. The Morgan fingerprint density at radius 2 is 2.05 bits per heavy atom. The van der Waals surface area contributed by atoms with Gasteiger partial charge in [-0.05, 0) is 41.8 Å². The first kappa shape index (κ1) is 14.0. The number of hydrogen-bond acceptors (Lipinski definition) is 4. The smallest absolute Gasteiger partial charge is 0.140 e. The van der Waals surface area contributed by atoms with Crippen LogP contribution in [0, 0.1) is 11.3 Å². The van der Waals surface area contributed by atoms with E-state index in [0.29, 0.717) is 12.3 Å². The monoisotopic (exact) mass is 267 g/mol. The first-order valence-corrected chi connectivity index (χ1v) is 6.56. The second-order valence-electron chi connectivity index (χ2n) is 4.53. The number of hydrogen-bond donors (Lipinski definition) is 1. The van der Waals surface area contributed by atoms with Gasteiger partial charge in [0.1, 0.15) is 24.1 Å². The van der Waals surface area contributed by atoms with E-state index in [2.05, 4.69) is 11.9 Å². The lowest BCUT2D eigenvalue weighted by atomic mass is 10.1. The Hall–Kier alpha value is -2.38. The van der Waals surface area contributed by atoms with Gasteiger partial charge in [0.05, 0.1) is 0 Å². The largest absolute Gasteiger partial charge is 0.489 e. The van der Waals surface area contributed by atoms with E-state index in [9.17, 15) is 0 Å². The minimum atomic E-state index is 0.0717. The van der Waals surface area contributed by atoms with Gasteiger partial charge in [0.2, 0.25) is 0 Å². The molecule has 0 aliphatic heterocycles. The summed E-state index contributed by atoms with van der Waals surface area (Å²) in [4.78, 5) is 3.92. The molecule has 0 aliphatic carbocycles. The van der Waals surface area contributed by atoms with Gasteiger partial charge in [-0.2, -0.15) is 5.26 Å². The highest BCUT2D eigenvalue weighted by atomic mass is 16.5. The molecule has 0 amide bonds. The molecule has 102 valence electrons. The first-order chi connectivity index (χ1) is 9.72. The third-order valence-corrected chi connectivity index (χ3v) is 3.09. The number of aromatic nitrogens is 1. The average Bonchev–Trinajstić information content (AvgIpc) is 2.53. The molecule has 1 unspecified atom stereocenters. The van der Waals surface area contributed by atoms with Gasteiger partial charge in [-0.15, -0.1) is 0 Å². The van der Waals surface area contributed by atoms with Crippen molar-refractivity contribution >= 4 is 0 Å². The molecule has 2 N–H and O–H groups in total. The predicted molar refractivity (Wildman–Crippen MR) is 76.9 cm³/mol. The van der Waals surface area contributed by atoms with Crippen molar-refractivity contribution in [2.24, 2.45) is 5.73 Å². The maximum Gasteiger partial charge on any atom is 0.140 e. The van der Waals surface area contributed by atoms with Crippen LogP contribution in [0.15, 0.2) is 42.6 Å². The Bertz CT molecular complexity index is 602. The van der Waals surface area contributed by atoms with Crippen molar-refractivity contribution in [2.45, 2.75) is 26.0 Å². The van der Waals surface area contributed by atoms with E-state index in [4.69, 9.17) is 15.7 Å². The van der Waals surface area contributed by atoms with Crippen LogP contribution in [0.25, 0.3) is 0 Å². The zero-order chi connectivity index (χ0) is 14.4. The standard InChI is InChI=1S/C16H17N3O/c1-2-16(18)13-3-5-15(6-4-13)20-11-12-7-8-19-14(9-12)10-17/h3-9,16H,2,11,18H2,1H3. The number of rotatable bonds is 5. The number of pyridine rings is 1. The lowest BCUT2D eigenvalue weighted by Gasteiger charge is -2.11. The van der Waals surface area contributed by atoms with E-state index in [1.165, 1.54) is 0 Å². The minimum Gasteiger partial charge on any atom is -0.489 e. The molecule has 0 radical (unpaired) electrons. The zero-order valence-corrected chi connectivity index (χ0v) is 11.4. The average molecular weight is 267 g/mol. The van der Waals surface area contributed by atoms with Gasteiger partial charge in [-0.1, -0.05) is 19.1 Å². The Balaban J connectivity index is 1.98. The topological polar surface area (TPSA) is 71.9 Å². The van der Waals surface area contributed by atoms with Gasteiger partial charge < -0.3 is 10.5 Å². The summed E-state index contributed by atoms with van der Waals surface area (Å²) in [7, 11) is 0. The van der Waals surface area contributed by atoms with Crippen LogP contribution in [-0.2, 0) is 6.61 Å². The number of nitriles is 1. The zero-order valence-electron chi connectivity index (χ0n) is 11.4. The molecule has 2 aromatic rings. The molecule has 20 heavy (non-hydrogen) atoms. The highest BCUT2D eigenvalue weighted by Crippen LogP contribution is 2.19. The number of nitrogens with zero attached hydrogens (tertiary/aromatic N) is 2. The van der Waals surface area contributed by atoms with E-state index in [1.807, 2.05) is 36.4 Å². The van der Waals surface area contributed by atoms with Crippen LogP contribution in [0.5, 0.6) is 5.75 Å². The maximum absolute atomic E-state index is 8.79. The fraction of sp³-hybridized carbons (Fsp3) is 0.250. The summed E-state index contributed by atoms with van der Waals surface area (Å²) in [6.45, 7) is 2.47. The molecule has 1 aromatic carbocycles. The number of nitrogens with two attached hydrogens (primary N) is 1. The van der Waals surface area contributed by atoms with Crippen LogP contribution in [-0.4, -0.2) is 4.98 Å². The summed E-state index contributed by atoms with van der Waals surface area (Å²) >= 11 is 0. The SMILES string of the molecule is CCC(N)c1ccc(OCc2ccnc(C#N)c2)cc1. The molecule has 0 spiro atoms. The van der Waals surface area contributed by atoms with E-state index in [0.717, 1.165) is 23.3 Å². The molecule has 1 aromatic heterocycles. The highest BCUT2D eigenvalue weighted by molar-refractivity contribution is 5.30. The molecule has 0 saturated heterocycles. The van der Waals surface area contributed by atoms with Crippen molar-refractivity contribution < 1.29 is 4.74 Å². The maximum atomic E-state index is 8.79. The van der Waals surface area contributed by atoms with E-state index >= 15 is 0 Å². The molecule has 4 heteroatoms. The van der Waals surface area contributed by atoms with Crippen molar-refractivity contribution in [3.8, 4) is 11.8 Å². The Morgan fingerprint density at radius 3 is 2.70 bits per heavy atom. The second kappa shape index (κ2) is 6.69. The van der Waals surface area contributed by atoms with E-state index in [-0.39, 0.29) is 6.04 Å². The van der Waals surface area contributed by atoms with Crippen LogP contribution < -0.4 is 10.5 Å². The molecule has 0 bridgehead atoms. The summed E-state index contributed by atoms with van der Waals surface area (Å²) in [6.07, 6.45) is 2.52. The molecule has 2 rings (SSSR count). The van der Waals surface area contributed by atoms with E-state index in [1.54, 1.807) is 12.3 Å². The van der Waals surface area contributed by atoms with Crippen molar-refractivity contribution in [3.63, 3.8) is 0 Å². The lowest BCUT2D eigenvalue weighted by molar-refractivity contribution is 0.306. The van der Waals surface area contributed by atoms with E-state index < -0.39 is 0 Å². The van der Waals surface area contributed by atoms with Gasteiger partial charge in [0.25, 0.3) is 0 Å². The van der Waals surface area contributed by atoms with Crippen LogP contribution >= 0.6 is 0 Å². The summed E-state index contributed by atoms with van der Waals surface area (Å²) in [5.41, 5.74) is 8.39. The lowest BCUT2D eigenvalue weighted by Crippen LogP contribution is -2.08. The minimum absolute atomic E-state index is 0.0717. The number of ether oxygens (including phenoxy) is 1. The number of benzene rings is 1. The van der Waals surface area contributed by atoms with Gasteiger partial charge in [0, 0.05) is 12.2 Å². The molecule has 0 fully saturated rings. The molecular formula is C16H17N3O. The fourth-order valence-electron chi connectivity index (χ4n) is 1.84. The quantitative estimate of drug-likeness (QED) is 0.904. The first-order valence-electron chi connectivity index (χ1n) is 6.56. The Morgan fingerprint density at radius 1 is 1.30 bits per heavy atom. The molecule has 0 aliphatic rings. The molecule has 1 heterocycles. The second-order valence-corrected chi connectivity index (χ2v) is 4.53. The van der Waals surface area contributed by atoms with Crippen molar-refractivity contribution in [1.82, 2.24) is 4.98 Å². The summed E-state index contributed by atoms with van der Waals surface area (Å²) in [5.74, 6) is 0.785. The van der Waals surface area contributed by atoms with Crippen LogP contribution in [0.4, 0.5) is 0 Å². The van der Waals surface area contributed by atoms with Gasteiger partial charge >= 0.3 is 0 Å². The van der Waals surface area contributed by atoms with Crippen LogP contribution in [0.1, 0.15) is 36.2 Å². The van der Waals surface area contributed by atoms with Crippen molar-refractivity contribution in [1.29, 1.82) is 5.26 Å². The molecular weight excluding hydrogens is 250 g/mol. The van der Waals surface area contributed by atoms with Gasteiger partial charge in [-0.25, -0.2) is 4.98 Å².